The molecule has 0 aromatic carbocycles. The van der Waals surface area contributed by atoms with Crippen molar-refractivity contribution in [3.8, 4) is 0 Å². The van der Waals surface area contributed by atoms with Gasteiger partial charge in [0.2, 0.25) is 0 Å². The highest BCUT2D eigenvalue weighted by molar-refractivity contribution is 5.92. The van der Waals surface area contributed by atoms with E-state index in [1.165, 1.54) is 18.4 Å². The molecule has 1 aliphatic heterocycles. The molecule has 4 aliphatic carbocycles. The van der Waals surface area contributed by atoms with Crippen molar-refractivity contribution in [2.45, 2.75) is 77.2 Å². The van der Waals surface area contributed by atoms with Crippen LogP contribution in [0.5, 0.6) is 0 Å². The van der Waals surface area contributed by atoms with Crippen molar-refractivity contribution in [2.75, 3.05) is 6.61 Å². The number of ether oxygens (including phenoxy) is 1. The molecule has 0 bridgehead atoms. The molecular weight excluding hydrogens is 312 g/mol. The highest BCUT2D eigenvalue weighted by atomic mass is 16.5. The van der Waals surface area contributed by atoms with Crippen LogP contribution in [0, 0.1) is 28.6 Å². The second kappa shape index (κ2) is 5.06. The first-order valence-electron chi connectivity index (χ1n) is 10.3. The predicted octanol–water partition coefficient (Wildman–Crippen LogP) is 4.25. The second-order valence-electron chi connectivity index (χ2n) is 9.81. The molecule has 6 atom stereocenters. The van der Waals surface area contributed by atoms with E-state index in [2.05, 4.69) is 13.8 Å². The zero-order chi connectivity index (χ0) is 17.4. The van der Waals surface area contributed by atoms with Crippen LogP contribution in [0.25, 0.3) is 0 Å². The maximum absolute atomic E-state index is 12.8. The maximum Gasteiger partial charge on any atom is 0.167 e. The van der Waals surface area contributed by atoms with Crippen molar-refractivity contribution in [3.63, 3.8) is 0 Å². The summed E-state index contributed by atoms with van der Waals surface area (Å²) in [5.74, 6) is 2.71. The van der Waals surface area contributed by atoms with Gasteiger partial charge in [-0.2, -0.15) is 0 Å². The van der Waals surface area contributed by atoms with Gasteiger partial charge in [-0.1, -0.05) is 19.4 Å². The van der Waals surface area contributed by atoms with Crippen LogP contribution in [0.15, 0.2) is 11.6 Å². The Kier molecular flexibility index (Phi) is 3.28. The number of Topliss-reactive ketones (excluding diaryl/α,β-unsaturated/α-hetero) is 1. The zero-order valence-corrected chi connectivity index (χ0v) is 15.6. The van der Waals surface area contributed by atoms with Gasteiger partial charge in [0.15, 0.2) is 11.6 Å². The number of carbonyl (C=O) groups is 2. The lowest BCUT2D eigenvalue weighted by atomic mass is 9.46. The van der Waals surface area contributed by atoms with Crippen LogP contribution in [-0.2, 0) is 14.3 Å². The van der Waals surface area contributed by atoms with Gasteiger partial charge >= 0.3 is 0 Å². The van der Waals surface area contributed by atoms with E-state index in [-0.39, 0.29) is 10.8 Å². The fourth-order valence-electron chi connectivity index (χ4n) is 7.85. The molecule has 4 fully saturated rings. The first-order valence-corrected chi connectivity index (χ1v) is 10.3. The molecule has 0 aromatic rings. The minimum atomic E-state index is -0.470. The highest BCUT2D eigenvalue weighted by Gasteiger charge is 2.68. The van der Waals surface area contributed by atoms with Gasteiger partial charge in [-0.25, -0.2) is 0 Å². The van der Waals surface area contributed by atoms with Gasteiger partial charge in [-0.3, -0.25) is 9.59 Å². The number of fused-ring (bicyclic) bond motifs is 6. The third-order valence-corrected chi connectivity index (χ3v) is 9.21. The Morgan fingerprint density at radius 2 is 1.76 bits per heavy atom. The van der Waals surface area contributed by atoms with E-state index in [0.717, 1.165) is 38.5 Å². The number of rotatable bonds is 0. The molecule has 0 aromatic heterocycles. The average molecular weight is 342 g/mol. The minimum Gasteiger partial charge on any atom is -0.366 e. The molecule has 3 saturated carbocycles. The van der Waals surface area contributed by atoms with Gasteiger partial charge in [-0.05, 0) is 74.2 Å². The molecule has 136 valence electrons. The molecule has 1 saturated heterocycles. The molecule has 1 heterocycles. The lowest BCUT2D eigenvalue weighted by Gasteiger charge is -2.59. The average Bonchev–Trinajstić information content (AvgIpc) is 3.10. The Morgan fingerprint density at radius 1 is 0.960 bits per heavy atom. The summed E-state index contributed by atoms with van der Waals surface area (Å²) in [4.78, 5) is 24.7. The van der Waals surface area contributed by atoms with E-state index in [1.54, 1.807) is 0 Å². The number of hydrogen-bond acceptors (Lipinski definition) is 3. The summed E-state index contributed by atoms with van der Waals surface area (Å²) in [6.07, 6.45) is 11.0. The summed E-state index contributed by atoms with van der Waals surface area (Å²) in [7, 11) is 0. The van der Waals surface area contributed by atoms with Crippen molar-refractivity contribution >= 4 is 11.6 Å². The van der Waals surface area contributed by atoms with Crippen LogP contribution >= 0.6 is 0 Å². The summed E-state index contributed by atoms with van der Waals surface area (Å²) in [6.45, 7) is 5.41. The summed E-state index contributed by atoms with van der Waals surface area (Å²) < 4.78 is 6.21. The van der Waals surface area contributed by atoms with Gasteiger partial charge in [0, 0.05) is 18.3 Å². The van der Waals surface area contributed by atoms with E-state index >= 15 is 0 Å². The molecule has 6 unspecified atom stereocenters. The highest BCUT2D eigenvalue weighted by Crippen LogP contribution is 2.69. The molecule has 0 N–H and O–H groups in total. The van der Waals surface area contributed by atoms with Crippen LogP contribution in [0.4, 0.5) is 0 Å². The van der Waals surface area contributed by atoms with Gasteiger partial charge < -0.3 is 4.74 Å². The van der Waals surface area contributed by atoms with E-state index in [1.807, 2.05) is 6.08 Å². The first kappa shape index (κ1) is 16.2. The van der Waals surface area contributed by atoms with Crippen molar-refractivity contribution in [1.29, 1.82) is 0 Å². The molecule has 3 nitrogen and oxygen atoms in total. The van der Waals surface area contributed by atoms with Gasteiger partial charge in [0.1, 0.15) is 5.60 Å². The fraction of sp³-hybridized carbons (Fsp3) is 0.818. The lowest BCUT2D eigenvalue weighted by Crippen LogP contribution is -2.56. The van der Waals surface area contributed by atoms with Gasteiger partial charge in [-0.15, -0.1) is 0 Å². The Hall–Kier alpha value is -0.960. The van der Waals surface area contributed by atoms with Gasteiger partial charge in [0.05, 0.1) is 6.61 Å². The third kappa shape index (κ3) is 1.86. The molecular formula is C22H30O3. The maximum atomic E-state index is 12.8. The van der Waals surface area contributed by atoms with E-state index in [9.17, 15) is 9.59 Å². The van der Waals surface area contributed by atoms with Crippen LogP contribution < -0.4 is 0 Å². The SMILES string of the molecule is CC12CCC(=O)C=C1CCC1C2CCC2(C)C1CCC21OCCC1=O. The Morgan fingerprint density at radius 3 is 2.52 bits per heavy atom. The largest absolute Gasteiger partial charge is 0.366 e. The fourth-order valence-corrected chi connectivity index (χ4v) is 7.85. The molecule has 5 aliphatic rings. The summed E-state index contributed by atoms with van der Waals surface area (Å²) in [5.41, 5.74) is 1.20. The Labute approximate surface area is 150 Å². The van der Waals surface area contributed by atoms with E-state index < -0.39 is 5.60 Å². The Bertz CT molecular complexity index is 679. The van der Waals surface area contributed by atoms with Gasteiger partial charge in [0.25, 0.3) is 0 Å². The predicted molar refractivity (Wildman–Crippen MR) is 95.0 cm³/mol. The minimum absolute atomic E-state index is 0.0316. The standard InChI is InChI=1S/C22H30O3/c1-20-9-5-15(23)13-14(20)3-4-16-17(20)6-10-21(2)18(16)7-11-22(21)19(24)8-12-25-22/h13,16-18H,3-12H2,1-2H3. The molecule has 3 heteroatoms. The first-order chi connectivity index (χ1) is 11.9. The van der Waals surface area contributed by atoms with Crippen LogP contribution in [-0.4, -0.2) is 23.8 Å². The van der Waals surface area contributed by atoms with Crippen molar-refractivity contribution < 1.29 is 14.3 Å². The smallest absolute Gasteiger partial charge is 0.167 e. The number of hydrogen-bond donors (Lipinski definition) is 0. The third-order valence-electron chi connectivity index (χ3n) is 9.21. The molecule has 0 radical (unpaired) electrons. The number of ketones is 2. The number of carbonyl (C=O) groups excluding carboxylic acids is 2. The number of allylic oxidation sites excluding steroid dienone is 1. The van der Waals surface area contributed by atoms with E-state index in [4.69, 9.17) is 4.74 Å². The lowest BCUT2D eigenvalue weighted by molar-refractivity contribution is -0.158. The van der Waals surface area contributed by atoms with Crippen molar-refractivity contribution in [3.05, 3.63) is 11.6 Å². The second-order valence-corrected chi connectivity index (χ2v) is 9.81. The quantitative estimate of drug-likeness (QED) is 0.661. The molecule has 0 amide bonds. The summed E-state index contributed by atoms with van der Waals surface area (Å²) in [5, 5.41) is 0. The van der Waals surface area contributed by atoms with E-state index in [0.29, 0.717) is 42.3 Å². The molecule has 5 rings (SSSR count). The Balaban J connectivity index is 1.51. The summed E-state index contributed by atoms with van der Waals surface area (Å²) in [6, 6.07) is 0. The van der Waals surface area contributed by atoms with Crippen LogP contribution in [0.2, 0.25) is 0 Å². The monoisotopic (exact) mass is 342 g/mol. The normalized spacial score (nSPS) is 51.9. The van der Waals surface area contributed by atoms with Crippen LogP contribution in [0.3, 0.4) is 0 Å². The van der Waals surface area contributed by atoms with Crippen LogP contribution in [0.1, 0.15) is 71.6 Å². The molecule has 25 heavy (non-hydrogen) atoms. The zero-order valence-electron chi connectivity index (χ0n) is 15.6. The van der Waals surface area contributed by atoms with Crippen molar-refractivity contribution in [2.24, 2.45) is 28.6 Å². The summed E-state index contributed by atoms with van der Waals surface area (Å²) >= 11 is 0. The topological polar surface area (TPSA) is 43.4 Å². The molecule has 1 spiro atoms. The van der Waals surface area contributed by atoms with Crippen molar-refractivity contribution in [1.82, 2.24) is 0 Å².